The molecular formula is C25H26ClN5O2. The van der Waals surface area contributed by atoms with Crippen LogP contribution in [-0.2, 0) is 6.54 Å². The minimum Gasteiger partial charge on any atom is -0.338 e. The van der Waals surface area contributed by atoms with Gasteiger partial charge < -0.3 is 9.88 Å². The number of nitrogens with one attached hydrogen (secondary N) is 1. The van der Waals surface area contributed by atoms with Crippen molar-refractivity contribution >= 4 is 28.5 Å². The van der Waals surface area contributed by atoms with Crippen LogP contribution in [0.4, 0.5) is 0 Å². The maximum Gasteiger partial charge on any atom is 0.326 e. The number of aromatic nitrogens is 4. The number of hydrogen-bond donors (Lipinski definition) is 1. The Balaban J connectivity index is 1.32. The Kier molecular flexibility index (Phi) is 5.58. The van der Waals surface area contributed by atoms with Crippen LogP contribution in [0.25, 0.3) is 11.0 Å². The SMILES string of the molecule is Cc1ccc(Cn2nc(C)c(C(=O)N3CCC(n4c(=O)[nH]c5ccccc54)CC3)c2Cl)cc1. The molecule has 8 heteroatoms. The number of nitrogens with zero attached hydrogens (tertiary/aromatic N) is 4. The smallest absolute Gasteiger partial charge is 0.326 e. The van der Waals surface area contributed by atoms with Crippen molar-refractivity contribution in [1.82, 2.24) is 24.2 Å². The number of halogens is 1. The van der Waals surface area contributed by atoms with E-state index in [0.29, 0.717) is 48.9 Å². The van der Waals surface area contributed by atoms with Gasteiger partial charge in [-0.15, -0.1) is 0 Å². The molecule has 1 N–H and O–H groups in total. The number of piperidine rings is 1. The van der Waals surface area contributed by atoms with Crippen LogP contribution in [0.3, 0.4) is 0 Å². The van der Waals surface area contributed by atoms with E-state index < -0.39 is 0 Å². The summed E-state index contributed by atoms with van der Waals surface area (Å²) in [4.78, 5) is 30.6. The predicted octanol–water partition coefficient (Wildman–Crippen LogP) is 4.32. The van der Waals surface area contributed by atoms with E-state index in [1.165, 1.54) is 5.56 Å². The summed E-state index contributed by atoms with van der Waals surface area (Å²) in [5, 5.41) is 4.90. The van der Waals surface area contributed by atoms with Gasteiger partial charge in [0.15, 0.2) is 0 Å². The van der Waals surface area contributed by atoms with Gasteiger partial charge in [-0.2, -0.15) is 5.10 Å². The Morgan fingerprint density at radius 2 is 1.79 bits per heavy atom. The van der Waals surface area contributed by atoms with Gasteiger partial charge in [-0.3, -0.25) is 9.36 Å². The Bertz CT molecular complexity index is 1370. The number of aromatic amines is 1. The lowest BCUT2D eigenvalue weighted by Gasteiger charge is -2.32. The van der Waals surface area contributed by atoms with E-state index >= 15 is 0 Å². The standard InChI is InChI=1S/C25H26ClN5O2/c1-16-7-9-18(10-8-16)15-30-23(26)22(17(2)28-30)24(32)29-13-11-19(12-14-29)31-21-6-4-3-5-20(21)27-25(31)33/h3-10,19H,11-15H2,1-2H3,(H,27,33). The van der Waals surface area contributed by atoms with E-state index in [4.69, 9.17) is 11.6 Å². The minimum atomic E-state index is -0.0998. The Labute approximate surface area is 196 Å². The number of H-pyrrole nitrogens is 1. The van der Waals surface area contributed by atoms with Gasteiger partial charge >= 0.3 is 5.69 Å². The number of carbonyl (C=O) groups is 1. The summed E-state index contributed by atoms with van der Waals surface area (Å²) in [7, 11) is 0. The maximum atomic E-state index is 13.3. The normalized spacial score (nSPS) is 14.8. The number of likely N-dealkylation sites (tertiary alicyclic amines) is 1. The molecule has 2 aromatic carbocycles. The molecule has 1 amide bonds. The monoisotopic (exact) mass is 463 g/mol. The third kappa shape index (κ3) is 3.97. The Hall–Kier alpha value is -3.32. The van der Waals surface area contributed by atoms with Crippen molar-refractivity contribution in [2.45, 2.75) is 39.3 Å². The number of aryl methyl sites for hydroxylation is 2. The van der Waals surface area contributed by atoms with Crippen LogP contribution in [-0.4, -0.2) is 43.2 Å². The number of rotatable bonds is 4. The first-order valence-corrected chi connectivity index (χ1v) is 11.6. The van der Waals surface area contributed by atoms with E-state index in [1.807, 2.05) is 59.7 Å². The van der Waals surface area contributed by atoms with Crippen LogP contribution in [0.1, 0.15) is 46.1 Å². The molecule has 0 spiro atoms. The van der Waals surface area contributed by atoms with E-state index in [2.05, 4.69) is 22.2 Å². The van der Waals surface area contributed by atoms with E-state index in [-0.39, 0.29) is 17.6 Å². The van der Waals surface area contributed by atoms with Crippen LogP contribution in [0.15, 0.2) is 53.3 Å². The van der Waals surface area contributed by atoms with Crippen LogP contribution in [0.2, 0.25) is 5.15 Å². The molecule has 0 unspecified atom stereocenters. The number of fused-ring (bicyclic) bond motifs is 1. The summed E-state index contributed by atoms with van der Waals surface area (Å²) < 4.78 is 3.52. The second kappa shape index (κ2) is 8.56. The summed E-state index contributed by atoms with van der Waals surface area (Å²) in [5.41, 5.74) is 5.01. The second-order valence-corrected chi connectivity index (χ2v) is 9.09. The van der Waals surface area contributed by atoms with E-state index in [9.17, 15) is 9.59 Å². The molecule has 1 fully saturated rings. The lowest BCUT2D eigenvalue weighted by molar-refractivity contribution is 0.0694. The van der Waals surface area contributed by atoms with Crippen LogP contribution in [0, 0.1) is 13.8 Å². The van der Waals surface area contributed by atoms with Gasteiger partial charge in [-0.1, -0.05) is 53.6 Å². The summed E-state index contributed by atoms with van der Waals surface area (Å²) in [6, 6.07) is 15.9. The van der Waals surface area contributed by atoms with E-state index in [1.54, 1.807) is 4.68 Å². The van der Waals surface area contributed by atoms with Gasteiger partial charge in [0.1, 0.15) is 5.15 Å². The highest BCUT2D eigenvalue weighted by Gasteiger charge is 2.30. The number of para-hydroxylation sites is 2. The molecule has 0 atom stereocenters. The first kappa shape index (κ1) is 21.5. The van der Waals surface area contributed by atoms with Crippen molar-refractivity contribution in [1.29, 1.82) is 0 Å². The highest BCUT2D eigenvalue weighted by molar-refractivity contribution is 6.33. The molecule has 1 aliphatic heterocycles. The quantitative estimate of drug-likeness (QED) is 0.489. The summed E-state index contributed by atoms with van der Waals surface area (Å²) in [6.07, 6.45) is 1.42. The molecule has 33 heavy (non-hydrogen) atoms. The third-order valence-electron chi connectivity index (χ3n) is 6.47. The number of carbonyl (C=O) groups excluding carboxylic acids is 1. The van der Waals surface area contributed by atoms with Crippen molar-refractivity contribution in [3.05, 3.63) is 86.6 Å². The average molecular weight is 464 g/mol. The zero-order valence-electron chi connectivity index (χ0n) is 18.7. The summed E-state index contributed by atoms with van der Waals surface area (Å²) in [6.45, 7) is 5.51. The Morgan fingerprint density at radius 3 is 2.52 bits per heavy atom. The van der Waals surface area contributed by atoms with Crippen molar-refractivity contribution in [3.63, 3.8) is 0 Å². The minimum absolute atomic E-state index is 0.0542. The van der Waals surface area contributed by atoms with Crippen molar-refractivity contribution < 1.29 is 4.79 Å². The molecule has 0 bridgehead atoms. The molecule has 2 aromatic heterocycles. The van der Waals surface area contributed by atoms with Gasteiger partial charge in [-0.25, -0.2) is 9.48 Å². The van der Waals surface area contributed by atoms with Crippen LogP contribution < -0.4 is 5.69 Å². The first-order chi connectivity index (χ1) is 15.9. The van der Waals surface area contributed by atoms with Crippen molar-refractivity contribution in [2.75, 3.05) is 13.1 Å². The fourth-order valence-corrected chi connectivity index (χ4v) is 5.00. The highest BCUT2D eigenvalue weighted by atomic mass is 35.5. The molecule has 1 aliphatic rings. The van der Waals surface area contributed by atoms with Gasteiger partial charge in [0, 0.05) is 19.1 Å². The van der Waals surface area contributed by atoms with Gasteiger partial charge in [-0.05, 0) is 44.4 Å². The lowest BCUT2D eigenvalue weighted by atomic mass is 10.0. The first-order valence-electron chi connectivity index (χ1n) is 11.2. The third-order valence-corrected chi connectivity index (χ3v) is 6.86. The average Bonchev–Trinajstić information content (AvgIpc) is 3.29. The van der Waals surface area contributed by atoms with Gasteiger partial charge in [0.2, 0.25) is 0 Å². The zero-order valence-corrected chi connectivity index (χ0v) is 19.5. The van der Waals surface area contributed by atoms with Gasteiger partial charge in [0.25, 0.3) is 5.91 Å². The van der Waals surface area contributed by atoms with Gasteiger partial charge in [0.05, 0.1) is 28.8 Å². The Morgan fingerprint density at radius 1 is 1.09 bits per heavy atom. The van der Waals surface area contributed by atoms with Crippen molar-refractivity contribution in [2.24, 2.45) is 0 Å². The fraction of sp³-hybridized carbons (Fsp3) is 0.320. The molecule has 170 valence electrons. The number of amides is 1. The second-order valence-electron chi connectivity index (χ2n) is 8.74. The molecular weight excluding hydrogens is 438 g/mol. The highest BCUT2D eigenvalue weighted by Crippen LogP contribution is 2.28. The lowest BCUT2D eigenvalue weighted by Crippen LogP contribution is -2.40. The topological polar surface area (TPSA) is 75.9 Å². The van der Waals surface area contributed by atoms with Crippen LogP contribution in [0.5, 0.6) is 0 Å². The largest absolute Gasteiger partial charge is 0.338 e. The zero-order chi connectivity index (χ0) is 23.1. The fourth-order valence-electron chi connectivity index (χ4n) is 4.69. The molecule has 0 radical (unpaired) electrons. The number of benzene rings is 2. The molecule has 4 aromatic rings. The molecule has 0 aliphatic carbocycles. The molecule has 5 rings (SSSR count). The van der Waals surface area contributed by atoms with Crippen molar-refractivity contribution in [3.8, 4) is 0 Å². The summed E-state index contributed by atoms with van der Waals surface area (Å²) in [5.74, 6) is -0.0996. The molecule has 7 nitrogen and oxygen atoms in total. The summed E-state index contributed by atoms with van der Waals surface area (Å²) >= 11 is 6.62. The molecule has 3 heterocycles. The number of hydrogen-bond acceptors (Lipinski definition) is 3. The molecule has 0 saturated carbocycles. The van der Waals surface area contributed by atoms with Crippen LogP contribution >= 0.6 is 11.6 Å². The number of imidazole rings is 1. The predicted molar refractivity (Wildman–Crippen MR) is 129 cm³/mol. The molecule has 1 saturated heterocycles. The van der Waals surface area contributed by atoms with E-state index in [0.717, 1.165) is 16.6 Å². The maximum absolute atomic E-state index is 13.3.